The molecule has 0 saturated heterocycles. The van der Waals surface area contributed by atoms with Crippen molar-refractivity contribution in [1.29, 1.82) is 0 Å². The van der Waals surface area contributed by atoms with E-state index in [1.54, 1.807) is 0 Å². The van der Waals surface area contributed by atoms with Crippen molar-refractivity contribution in [2.75, 3.05) is 58.1 Å². The van der Waals surface area contributed by atoms with Crippen molar-refractivity contribution < 1.29 is 5.11 Å². The first-order valence-electron chi connectivity index (χ1n) is 12.7. The van der Waals surface area contributed by atoms with Crippen LogP contribution in [0, 0.1) is 5.41 Å². The zero-order chi connectivity index (χ0) is 26.8. The number of aliphatic hydroxyl groups is 1. The van der Waals surface area contributed by atoms with Crippen LogP contribution >= 0.6 is 0 Å². The minimum Gasteiger partial charge on any atom is -0.396 e. The molecule has 2 rings (SSSR count). The van der Waals surface area contributed by atoms with Gasteiger partial charge in [0.1, 0.15) is 0 Å². The molecule has 5 nitrogen and oxygen atoms in total. The number of hydrogen-bond acceptors (Lipinski definition) is 5. The lowest BCUT2D eigenvalue weighted by Gasteiger charge is -2.27. The number of nitrogens with one attached hydrogen (secondary N) is 1. The fourth-order valence-electron chi connectivity index (χ4n) is 3.89. The Morgan fingerprint density at radius 3 is 2.20 bits per heavy atom. The Morgan fingerprint density at radius 2 is 1.69 bits per heavy atom. The van der Waals surface area contributed by atoms with Crippen LogP contribution in [-0.2, 0) is 6.42 Å². The van der Waals surface area contributed by atoms with Crippen LogP contribution in [0.5, 0.6) is 0 Å². The monoisotopic (exact) mass is 482 g/mol. The molecule has 0 aliphatic carbocycles. The number of hydrogen-bond donors (Lipinski definition) is 3. The van der Waals surface area contributed by atoms with Crippen LogP contribution in [0.1, 0.15) is 52.2 Å². The van der Waals surface area contributed by atoms with E-state index in [0.29, 0.717) is 0 Å². The van der Waals surface area contributed by atoms with E-state index in [1.807, 2.05) is 33.0 Å². The normalized spacial score (nSPS) is 12.1. The summed E-state index contributed by atoms with van der Waals surface area (Å²) in [7, 11) is 8.11. The van der Waals surface area contributed by atoms with E-state index in [4.69, 9.17) is 5.73 Å². The van der Waals surface area contributed by atoms with Gasteiger partial charge in [-0.15, -0.1) is 0 Å². The first-order chi connectivity index (χ1) is 16.3. The van der Waals surface area contributed by atoms with E-state index in [0.717, 1.165) is 48.3 Å². The minimum absolute atomic E-state index is 0.112. The Morgan fingerprint density at radius 1 is 1.06 bits per heavy atom. The number of benzene rings is 2. The lowest BCUT2D eigenvalue weighted by Crippen LogP contribution is -2.20. The zero-order valence-corrected chi connectivity index (χ0v) is 23.7. The Hall–Kier alpha value is -2.34. The summed E-state index contributed by atoms with van der Waals surface area (Å²) < 4.78 is 0. The third-order valence-electron chi connectivity index (χ3n) is 5.65. The SMILES string of the molecule is C=C(CC(C)(C)CO)c1cc(-c2cc(CC(C)N)cc(NCC)c2)ccc1N(C)CC.CN(C)C. The van der Waals surface area contributed by atoms with E-state index in [-0.39, 0.29) is 18.1 Å². The smallest absolute Gasteiger partial charge is 0.0485 e. The predicted octanol–water partition coefficient (Wildman–Crippen LogP) is 5.73. The predicted molar refractivity (Wildman–Crippen MR) is 156 cm³/mol. The van der Waals surface area contributed by atoms with E-state index in [2.05, 4.69) is 87.9 Å². The molecule has 0 bridgehead atoms. The number of rotatable bonds is 11. The van der Waals surface area contributed by atoms with Crippen LogP contribution in [-0.4, -0.2) is 63.9 Å². The van der Waals surface area contributed by atoms with Crippen LogP contribution in [0.4, 0.5) is 11.4 Å². The molecule has 2 aromatic carbocycles. The molecule has 1 unspecified atom stereocenters. The fraction of sp³-hybridized carbons (Fsp3) is 0.533. The summed E-state index contributed by atoms with van der Waals surface area (Å²) in [5.41, 5.74) is 13.9. The third kappa shape index (κ3) is 10.4. The van der Waals surface area contributed by atoms with Gasteiger partial charge in [0.05, 0.1) is 0 Å². The molecule has 0 amide bonds. The van der Waals surface area contributed by atoms with Gasteiger partial charge in [-0.25, -0.2) is 0 Å². The summed E-state index contributed by atoms with van der Waals surface area (Å²) in [6, 6.07) is 13.4. The second kappa shape index (κ2) is 14.3. The van der Waals surface area contributed by atoms with Gasteiger partial charge in [-0.3, -0.25) is 0 Å². The molecule has 0 aliphatic rings. The maximum Gasteiger partial charge on any atom is 0.0485 e. The fourth-order valence-corrected chi connectivity index (χ4v) is 3.89. The quantitative estimate of drug-likeness (QED) is 0.382. The van der Waals surface area contributed by atoms with E-state index in [1.165, 1.54) is 16.8 Å². The molecule has 1 atom stereocenters. The van der Waals surface area contributed by atoms with E-state index < -0.39 is 0 Å². The molecule has 35 heavy (non-hydrogen) atoms. The summed E-state index contributed by atoms with van der Waals surface area (Å²) in [5.74, 6) is 0. The van der Waals surface area contributed by atoms with Gasteiger partial charge in [-0.1, -0.05) is 32.6 Å². The highest BCUT2D eigenvalue weighted by Crippen LogP contribution is 2.37. The van der Waals surface area contributed by atoms with Crippen molar-refractivity contribution in [1.82, 2.24) is 4.90 Å². The van der Waals surface area contributed by atoms with Crippen LogP contribution in [0.3, 0.4) is 0 Å². The van der Waals surface area contributed by atoms with Crippen LogP contribution in [0.2, 0.25) is 0 Å². The number of anilines is 2. The van der Waals surface area contributed by atoms with Gasteiger partial charge in [0.2, 0.25) is 0 Å². The Kier molecular flexibility index (Phi) is 12.5. The molecule has 5 heteroatoms. The van der Waals surface area contributed by atoms with Gasteiger partial charge < -0.3 is 26.0 Å². The van der Waals surface area contributed by atoms with Crippen molar-refractivity contribution >= 4 is 16.9 Å². The topological polar surface area (TPSA) is 64.8 Å². The Balaban J connectivity index is 0.00000142. The van der Waals surface area contributed by atoms with E-state index >= 15 is 0 Å². The molecule has 0 fully saturated rings. The van der Waals surface area contributed by atoms with Crippen LogP contribution < -0.4 is 16.0 Å². The number of aliphatic hydroxyl groups excluding tert-OH is 1. The molecular formula is C30H50N4O. The summed E-state index contributed by atoms with van der Waals surface area (Å²) in [4.78, 5) is 4.24. The Bertz CT molecular complexity index is 931. The highest BCUT2D eigenvalue weighted by molar-refractivity contribution is 5.82. The molecule has 4 N–H and O–H groups in total. The van der Waals surface area contributed by atoms with Gasteiger partial charge in [0.25, 0.3) is 0 Å². The van der Waals surface area contributed by atoms with Gasteiger partial charge >= 0.3 is 0 Å². The van der Waals surface area contributed by atoms with Gasteiger partial charge in [-0.2, -0.15) is 0 Å². The molecule has 0 spiro atoms. The first-order valence-corrected chi connectivity index (χ1v) is 12.7. The summed E-state index contributed by atoms with van der Waals surface area (Å²) in [6.07, 6.45) is 1.58. The van der Waals surface area contributed by atoms with Gasteiger partial charge in [0.15, 0.2) is 0 Å². The lowest BCUT2D eigenvalue weighted by molar-refractivity contribution is 0.164. The highest BCUT2D eigenvalue weighted by atomic mass is 16.3. The maximum absolute atomic E-state index is 9.76. The first kappa shape index (κ1) is 30.7. The molecule has 0 aliphatic heterocycles. The van der Waals surface area contributed by atoms with Crippen molar-refractivity contribution in [2.24, 2.45) is 11.1 Å². The second-order valence-electron chi connectivity index (χ2n) is 10.8. The standard InChI is InChI=1S/C27H41N3O.C3H9N/c1-8-29-24-14-21(12-20(4)28)13-23(15-24)22-10-11-26(30(7)9-2)25(16-22)19(3)17-27(5,6)18-31;1-4(2)3/h10-11,13-16,20,29,31H,3,8-9,12,17-18,28H2,1-2,4-7H3;1-3H3. The molecule has 0 heterocycles. The van der Waals surface area contributed by atoms with Gasteiger partial charge in [0, 0.05) is 49.7 Å². The average Bonchev–Trinajstić information content (AvgIpc) is 2.77. The van der Waals surface area contributed by atoms with Crippen molar-refractivity contribution in [3.63, 3.8) is 0 Å². The number of nitrogens with zero attached hydrogens (tertiary/aromatic N) is 2. The highest BCUT2D eigenvalue weighted by Gasteiger charge is 2.21. The average molecular weight is 483 g/mol. The summed E-state index contributed by atoms with van der Waals surface area (Å²) >= 11 is 0. The van der Waals surface area contributed by atoms with Crippen molar-refractivity contribution in [3.05, 3.63) is 54.1 Å². The Labute approximate surface area is 215 Å². The third-order valence-corrected chi connectivity index (χ3v) is 5.65. The minimum atomic E-state index is -0.204. The largest absolute Gasteiger partial charge is 0.396 e. The summed E-state index contributed by atoms with van der Waals surface area (Å²) in [6.45, 7) is 16.8. The molecule has 2 aromatic rings. The second-order valence-corrected chi connectivity index (χ2v) is 10.8. The van der Waals surface area contributed by atoms with Crippen molar-refractivity contribution in [3.8, 4) is 11.1 Å². The molecule has 0 saturated carbocycles. The number of nitrogens with two attached hydrogens (primary N) is 1. The maximum atomic E-state index is 9.76. The van der Waals surface area contributed by atoms with Gasteiger partial charge in [-0.05, 0) is 107 Å². The van der Waals surface area contributed by atoms with E-state index in [9.17, 15) is 5.11 Å². The van der Waals surface area contributed by atoms with Crippen molar-refractivity contribution in [2.45, 2.75) is 53.5 Å². The zero-order valence-electron chi connectivity index (χ0n) is 23.7. The van der Waals surface area contributed by atoms with Crippen LogP contribution in [0.15, 0.2) is 43.0 Å². The molecule has 196 valence electrons. The van der Waals surface area contributed by atoms with Crippen LogP contribution in [0.25, 0.3) is 16.7 Å². The number of allylic oxidation sites excluding steroid dienone is 1. The molecule has 0 aromatic heterocycles. The molecular weight excluding hydrogens is 432 g/mol. The lowest BCUT2D eigenvalue weighted by atomic mass is 9.83. The summed E-state index contributed by atoms with van der Waals surface area (Å²) in [5, 5.41) is 13.2. The molecule has 0 radical (unpaired) electrons.